The first kappa shape index (κ1) is 12.7. The van der Waals surface area contributed by atoms with Crippen LogP contribution in [0.5, 0.6) is 0 Å². The van der Waals surface area contributed by atoms with Gasteiger partial charge in [0.25, 0.3) is 0 Å². The van der Waals surface area contributed by atoms with Crippen LogP contribution in [-0.2, 0) is 0 Å². The van der Waals surface area contributed by atoms with E-state index in [0.29, 0.717) is 12.1 Å². The van der Waals surface area contributed by atoms with Gasteiger partial charge in [-0.25, -0.2) is 4.79 Å². The molecule has 2 rings (SSSR count). The fourth-order valence-electron chi connectivity index (χ4n) is 3.23. The molecule has 2 aliphatic rings. The molecule has 1 saturated heterocycles. The SMILES string of the molecule is CC(NC1CCN(C(N)=O)CC1)C1CCCC1. The predicted molar refractivity (Wildman–Crippen MR) is 68.7 cm³/mol. The molecule has 1 unspecified atom stereocenters. The highest BCUT2D eigenvalue weighted by atomic mass is 16.2. The maximum atomic E-state index is 11.0. The molecule has 17 heavy (non-hydrogen) atoms. The van der Waals surface area contributed by atoms with Crippen LogP contribution < -0.4 is 11.1 Å². The molecule has 1 atom stereocenters. The second-order valence-electron chi connectivity index (χ2n) is 5.60. The Balaban J connectivity index is 1.72. The number of primary amides is 1. The van der Waals surface area contributed by atoms with Crippen LogP contribution >= 0.6 is 0 Å². The number of rotatable bonds is 3. The third-order valence-corrected chi connectivity index (χ3v) is 4.41. The zero-order chi connectivity index (χ0) is 12.3. The van der Waals surface area contributed by atoms with E-state index in [1.54, 1.807) is 4.90 Å². The molecule has 4 nitrogen and oxygen atoms in total. The molecule has 1 heterocycles. The van der Waals surface area contributed by atoms with E-state index in [1.165, 1.54) is 25.7 Å². The molecule has 98 valence electrons. The number of amides is 2. The third-order valence-electron chi connectivity index (χ3n) is 4.41. The van der Waals surface area contributed by atoms with E-state index in [1.807, 2.05) is 0 Å². The second-order valence-corrected chi connectivity index (χ2v) is 5.60. The first-order chi connectivity index (χ1) is 8.16. The summed E-state index contributed by atoms with van der Waals surface area (Å²) in [7, 11) is 0. The normalized spacial score (nSPS) is 25.1. The van der Waals surface area contributed by atoms with Crippen LogP contribution in [0.15, 0.2) is 0 Å². The molecular weight excluding hydrogens is 214 g/mol. The Morgan fingerprint density at radius 3 is 2.35 bits per heavy atom. The molecule has 0 radical (unpaired) electrons. The van der Waals surface area contributed by atoms with Gasteiger partial charge in [-0.3, -0.25) is 0 Å². The van der Waals surface area contributed by atoms with Crippen molar-refractivity contribution in [3.8, 4) is 0 Å². The average Bonchev–Trinajstić information content (AvgIpc) is 2.83. The summed E-state index contributed by atoms with van der Waals surface area (Å²) < 4.78 is 0. The number of nitrogens with two attached hydrogens (primary N) is 1. The number of carbonyl (C=O) groups excluding carboxylic acids is 1. The minimum Gasteiger partial charge on any atom is -0.351 e. The van der Waals surface area contributed by atoms with Gasteiger partial charge in [0.1, 0.15) is 0 Å². The zero-order valence-electron chi connectivity index (χ0n) is 10.8. The number of carbonyl (C=O) groups is 1. The Labute approximate surface area is 104 Å². The summed E-state index contributed by atoms with van der Waals surface area (Å²) in [5.41, 5.74) is 5.28. The first-order valence-corrected chi connectivity index (χ1v) is 6.97. The van der Waals surface area contributed by atoms with Crippen LogP contribution in [0, 0.1) is 5.92 Å². The van der Waals surface area contributed by atoms with Crippen molar-refractivity contribution >= 4 is 6.03 Å². The quantitative estimate of drug-likeness (QED) is 0.787. The summed E-state index contributed by atoms with van der Waals surface area (Å²) in [6.07, 6.45) is 7.65. The molecule has 0 aromatic carbocycles. The van der Waals surface area contributed by atoms with Gasteiger partial charge < -0.3 is 16.0 Å². The van der Waals surface area contributed by atoms with E-state index in [0.717, 1.165) is 31.8 Å². The summed E-state index contributed by atoms with van der Waals surface area (Å²) in [4.78, 5) is 12.8. The van der Waals surface area contributed by atoms with E-state index in [9.17, 15) is 4.79 Å². The standard InChI is InChI=1S/C13H25N3O/c1-10(11-4-2-3-5-11)15-12-6-8-16(9-7-12)13(14)17/h10-12,15H,2-9H2,1H3,(H2,14,17). The van der Waals surface area contributed by atoms with Crippen LogP contribution in [0.25, 0.3) is 0 Å². The molecule has 0 bridgehead atoms. The van der Waals surface area contributed by atoms with Crippen molar-refractivity contribution in [2.45, 2.75) is 57.5 Å². The number of likely N-dealkylation sites (tertiary alicyclic amines) is 1. The van der Waals surface area contributed by atoms with Crippen LogP contribution in [0.4, 0.5) is 4.79 Å². The van der Waals surface area contributed by atoms with Crippen molar-refractivity contribution in [1.82, 2.24) is 10.2 Å². The Morgan fingerprint density at radius 2 is 1.82 bits per heavy atom. The van der Waals surface area contributed by atoms with Gasteiger partial charge >= 0.3 is 6.03 Å². The Morgan fingerprint density at radius 1 is 1.24 bits per heavy atom. The van der Waals surface area contributed by atoms with Crippen LogP contribution in [0.2, 0.25) is 0 Å². The average molecular weight is 239 g/mol. The number of nitrogens with zero attached hydrogens (tertiary/aromatic N) is 1. The van der Waals surface area contributed by atoms with Crippen LogP contribution in [0.3, 0.4) is 0 Å². The highest BCUT2D eigenvalue weighted by Gasteiger charge is 2.26. The van der Waals surface area contributed by atoms with E-state index in [-0.39, 0.29) is 6.03 Å². The predicted octanol–water partition coefficient (Wildman–Crippen LogP) is 1.70. The van der Waals surface area contributed by atoms with Crippen molar-refractivity contribution in [1.29, 1.82) is 0 Å². The molecule has 2 fully saturated rings. The van der Waals surface area contributed by atoms with Gasteiger partial charge in [-0.15, -0.1) is 0 Å². The summed E-state index contributed by atoms with van der Waals surface area (Å²) in [6, 6.07) is 0.927. The van der Waals surface area contributed by atoms with Crippen molar-refractivity contribution < 1.29 is 4.79 Å². The van der Waals surface area contributed by atoms with Crippen LogP contribution in [-0.4, -0.2) is 36.1 Å². The Hall–Kier alpha value is -0.770. The number of hydrogen-bond donors (Lipinski definition) is 2. The number of urea groups is 1. The van der Waals surface area contributed by atoms with Gasteiger partial charge in [0.05, 0.1) is 0 Å². The number of hydrogen-bond acceptors (Lipinski definition) is 2. The molecule has 0 aromatic heterocycles. The van der Waals surface area contributed by atoms with Crippen molar-refractivity contribution in [3.63, 3.8) is 0 Å². The van der Waals surface area contributed by atoms with E-state index >= 15 is 0 Å². The number of nitrogens with one attached hydrogen (secondary N) is 1. The lowest BCUT2D eigenvalue weighted by molar-refractivity contribution is 0.179. The lowest BCUT2D eigenvalue weighted by atomic mass is 9.96. The topological polar surface area (TPSA) is 58.4 Å². The van der Waals surface area contributed by atoms with Gasteiger partial charge in [0.15, 0.2) is 0 Å². The van der Waals surface area contributed by atoms with Crippen molar-refractivity contribution in [2.75, 3.05) is 13.1 Å². The van der Waals surface area contributed by atoms with Crippen molar-refractivity contribution in [3.05, 3.63) is 0 Å². The Bertz CT molecular complexity index is 255. The maximum absolute atomic E-state index is 11.0. The molecule has 1 aliphatic heterocycles. The summed E-state index contributed by atoms with van der Waals surface area (Å²) in [5, 5.41) is 3.74. The molecular formula is C13H25N3O. The molecule has 4 heteroatoms. The molecule has 0 aromatic rings. The van der Waals surface area contributed by atoms with Gasteiger partial charge in [-0.1, -0.05) is 12.8 Å². The van der Waals surface area contributed by atoms with E-state index < -0.39 is 0 Å². The lowest BCUT2D eigenvalue weighted by Crippen LogP contribution is -2.49. The molecule has 2 amide bonds. The van der Waals surface area contributed by atoms with E-state index in [4.69, 9.17) is 5.73 Å². The lowest BCUT2D eigenvalue weighted by Gasteiger charge is -2.34. The zero-order valence-corrected chi connectivity index (χ0v) is 10.8. The molecule has 3 N–H and O–H groups in total. The fraction of sp³-hybridized carbons (Fsp3) is 0.923. The minimum atomic E-state index is -0.271. The molecule has 0 spiro atoms. The van der Waals surface area contributed by atoms with Gasteiger partial charge in [0, 0.05) is 25.2 Å². The highest BCUT2D eigenvalue weighted by molar-refractivity contribution is 5.72. The van der Waals surface area contributed by atoms with Gasteiger partial charge in [0.2, 0.25) is 0 Å². The van der Waals surface area contributed by atoms with Gasteiger partial charge in [-0.2, -0.15) is 0 Å². The third kappa shape index (κ3) is 3.35. The first-order valence-electron chi connectivity index (χ1n) is 6.97. The molecule has 1 aliphatic carbocycles. The fourth-order valence-corrected chi connectivity index (χ4v) is 3.23. The largest absolute Gasteiger partial charge is 0.351 e. The monoisotopic (exact) mass is 239 g/mol. The molecule has 1 saturated carbocycles. The van der Waals surface area contributed by atoms with Gasteiger partial charge in [-0.05, 0) is 38.5 Å². The maximum Gasteiger partial charge on any atom is 0.314 e. The smallest absolute Gasteiger partial charge is 0.314 e. The van der Waals surface area contributed by atoms with Crippen molar-refractivity contribution in [2.24, 2.45) is 11.7 Å². The Kier molecular flexibility index (Phi) is 4.26. The highest BCUT2D eigenvalue weighted by Crippen LogP contribution is 2.28. The second kappa shape index (κ2) is 5.71. The summed E-state index contributed by atoms with van der Waals surface area (Å²) >= 11 is 0. The minimum absolute atomic E-state index is 0.271. The van der Waals surface area contributed by atoms with E-state index in [2.05, 4.69) is 12.2 Å². The summed E-state index contributed by atoms with van der Waals surface area (Å²) in [5.74, 6) is 0.865. The summed E-state index contributed by atoms with van der Waals surface area (Å²) in [6.45, 7) is 3.94. The van der Waals surface area contributed by atoms with Crippen LogP contribution in [0.1, 0.15) is 45.4 Å². The number of piperidine rings is 1.